The molecule has 0 spiro atoms. The fraction of sp³-hybridized carbons (Fsp3) is 0.167. The molecular weight excluding hydrogens is 259 g/mol. The Hall–Kier alpha value is -1.72. The molecule has 1 N–H and O–H groups in total. The van der Waals surface area contributed by atoms with Gasteiger partial charge in [0.15, 0.2) is 0 Å². The van der Waals surface area contributed by atoms with Crippen LogP contribution in [0.2, 0.25) is 5.15 Å². The summed E-state index contributed by atoms with van der Waals surface area (Å²) in [7, 11) is 0. The zero-order chi connectivity index (χ0) is 13.0. The van der Waals surface area contributed by atoms with Gasteiger partial charge < -0.3 is 9.84 Å². The number of rotatable bonds is 4. The molecule has 0 fully saturated rings. The molecule has 0 atom stereocenters. The number of pyridine rings is 2. The summed E-state index contributed by atoms with van der Waals surface area (Å²) in [5.74, 6) is 0.0293. The summed E-state index contributed by atoms with van der Waals surface area (Å²) in [5, 5.41) is 8.70. The summed E-state index contributed by atoms with van der Waals surface area (Å²) >= 11 is 5.57. The van der Waals surface area contributed by atoms with Crippen LogP contribution in [-0.4, -0.2) is 28.3 Å². The molecule has 2 aromatic heterocycles. The van der Waals surface area contributed by atoms with E-state index in [-0.39, 0.29) is 23.9 Å². The maximum absolute atomic E-state index is 13.6. The number of aromatic nitrogens is 2. The second-order valence-corrected chi connectivity index (χ2v) is 3.83. The van der Waals surface area contributed by atoms with Crippen molar-refractivity contribution in [2.24, 2.45) is 0 Å². The van der Waals surface area contributed by atoms with Crippen LogP contribution >= 0.6 is 11.6 Å². The van der Waals surface area contributed by atoms with Gasteiger partial charge in [-0.05, 0) is 12.1 Å². The van der Waals surface area contributed by atoms with Crippen LogP contribution in [0.1, 0.15) is 0 Å². The lowest BCUT2D eigenvalue weighted by Crippen LogP contribution is -2.01. The number of halogens is 2. The van der Waals surface area contributed by atoms with Gasteiger partial charge in [0.05, 0.1) is 24.1 Å². The van der Waals surface area contributed by atoms with Crippen LogP contribution in [0.15, 0.2) is 30.6 Å². The number of aliphatic hydroxyl groups is 1. The van der Waals surface area contributed by atoms with Crippen LogP contribution < -0.4 is 4.74 Å². The van der Waals surface area contributed by atoms with Crippen molar-refractivity contribution >= 4 is 11.6 Å². The summed E-state index contributed by atoms with van der Waals surface area (Å²) in [6, 6.07) is 4.39. The maximum Gasteiger partial charge on any atom is 0.137 e. The van der Waals surface area contributed by atoms with E-state index < -0.39 is 5.82 Å². The highest BCUT2D eigenvalue weighted by molar-refractivity contribution is 6.29. The van der Waals surface area contributed by atoms with Gasteiger partial charge in [-0.2, -0.15) is 0 Å². The molecule has 0 unspecified atom stereocenters. The second kappa shape index (κ2) is 5.75. The second-order valence-electron chi connectivity index (χ2n) is 3.44. The largest absolute Gasteiger partial charge is 0.490 e. The molecular formula is C12H10ClFN2O2. The molecule has 94 valence electrons. The van der Waals surface area contributed by atoms with Crippen molar-refractivity contribution in [1.82, 2.24) is 9.97 Å². The molecule has 18 heavy (non-hydrogen) atoms. The van der Waals surface area contributed by atoms with E-state index in [1.54, 1.807) is 12.1 Å². The summed E-state index contributed by atoms with van der Waals surface area (Å²) in [4.78, 5) is 7.87. The van der Waals surface area contributed by atoms with E-state index in [0.717, 1.165) is 6.07 Å². The minimum absolute atomic E-state index is 0.0719. The summed E-state index contributed by atoms with van der Waals surface area (Å²) in [6.45, 7) is 0.120. The quantitative estimate of drug-likeness (QED) is 0.865. The predicted molar refractivity (Wildman–Crippen MR) is 65.0 cm³/mol. The molecule has 4 nitrogen and oxygen atoms in total. The van der Waals surface area contributed by atoms with Crippen molar-refractivity contribution in [2.45, 2.75) is 0 Å². The first-order valence-corrected chi connectivity index (χ1v) is 5.59. The molecule has 0 amide bonds. The SMILES string of the molecule is OCCOc1ccc(-c2cnc(Cl)cc2F)nc1. The molecule has 2 heterocycles. The first-order valence-electron chi connectivity index (χ1n) is 5.22. The van der Waals surface area contributed by atoms with E-state index in [9.17, 15) is 4.39 Å². The van der Waals surface area contributed by atoms with Gasteiger partial charge in [-0.3, -0.25) is 4.98 Å². The van der Waals surface area contributed by atoms with Crippen molar-refractivity contribution in [3.63, 3.8) is 0 Å². The smallest absolute Gasteiger partial charge is 0.137 e. The Morgan fingerprint density at radius 2 is 2.11 bits per heavy atom. The monoisotopic (exact) mass is 268 g/mol. The number of ether oxygens (including phenoxy) is 1. The van der Waals surface area contributed by atoms with Gasteiger partial charge in [0, 0.05) is 12.3 Å². The van der Waals surface area contributed by atoms with Gasteiger partial charge in [-0.15, -0.1) is 0 Å². The first kappa shape index (κ1) is 12.7. The van der Waals surface area contributed by atoms with Crippen molar-refractivity contribution in [2.75, 3.05) is 13.2 Å². The lowest BCUT2D eigenvalue weighted by molar-refractivity contribution is 0.201. The lowest BCUT2D eigenvalue weighted by atomic mass is 10.2. The average Bonchev–Trinajstić information content (AvgIpc) is 2.37. The van der Waals surface area contributed by atoms with Gasteiger partial charge in [0.2, 0.25) is 0 Å². The Morgan fingerprint density at radius 1 is 1.28 bits per heavy atom. The van der Waals surface area contributed by atoms with Gasteiger partial charge in [-0.25, -0.2) is 9.37 Å². The Balaban J connectivity index is 2.23. The molecule has 6 heteroatoms. The van der Waals surface area contributed by atoms with Crippen LogP contribution in [0.25, 0.3) is 11.3 Å². The zero-order valence-corrected chi connectivity index (χ0v) is 10.1. The Bertz CT molecular complexity index is 534. The molecule has 0 radical (unpaired) electrons. The third kappa shape index (κ3) is 2.94. The molecule has 0 aliphatic heterocycles. The van der Waals surface area contributed by atoms with Gasteiger partial charge in [-0.1, -0.05) is 11.6 Å². The normalized spacial score (nSPS) is 10.4. The molecule has 0 saturated heterocycles. The lowest BCUT2D eigenvalue weighted by Gasteiger charge is -2.05. The van der Waals surface area contributed by atoms with E-state index >= 15 is 0 Å². The molecule has 0 saturated carbocycles. The summed E-state index contributed by atoms with van der Waals surface area (Å²) in [6.07, 6.45) is 2.79. The van der Waals surface area contributed by atoms with Crippen LogP contribution in [0, 0.1) is 5.82 Å². The van der Waals surface area contributed by atoms with E-state index in [2.05, 4.69) is 9.97 Å². The Labute approximate surface area is 108 Å². The highest BCUT2D eigenvalue weighted by Gasteiger charge is 2.08. The topological polar surface area (TPSA) is 55.2 Å². The highest BCUT2D eigenvalue weighted by atomic mass is 35.5. The van der Waals surface area contributed by atoms with Crippen LogP contribution in [0.3, 0.4) is 0 Å². The Kier molecular flexibility index (Phi) is 4.07. The van der Waals surface area contributed by atoms with Crippen LogP contribution in [0.4, 0.5) is 4.39 Å². The molecule has 0 aliphatic rings. The molecule has 0 aliphatic carbocycles. The third-order valence-electron chi connectivity index (χ3n) is 2.19. The summed E-state index contributed by atoms with van der Waals surface area (Å²) < 4.78 is 18.8. The summed E-state index contributed by atoms with van der Waals surface area (Å²) in [5.41, 5.74) is 0.709. The minimum Gasteiger partial charge on any atom is -0.490 e. The van der Waals surface area contributed by atoms with Crippen LogP contribution in [-0.2, 0) is 0 Å². The average molecular weight is 269 g/mol. The standard InChI is InChI=1S/C12H10ClFN2O2/c13-12-5-10(14)9(7-16-12)11-2-1-8(6-15-11)18-4-3-17/h1-2,5-7,17H,3-4H2. The van der Waals surface area contributed by atoms with E-state index in [4.69, 9.17) is 21.4 Å². The molecule has 0 bridgehead atoms. The van der Waals surface area contributed by atoms with E-state index in [0.29, 0.717) is 11.4 Å². The van der Waals surface area contributed by atoms with Gasteiger partial charge in [0.25, 0.3) is 0 Å². The van der Waals surface area contributed by atoms with Crippen molar-refractivity contribution < 1.29 is 14.2 Å². The number of hydrogen-bond donors (Lipinski definition) is 1. The first-order chi connectivity index (χ1) is 8.70. The third-order valence-corrected chi connectivity index (χ3v) is 2.40. The maximum atomic E-state index is 13.6. The molecule has 2 rings (SSSR count). The van der Waals surface area contributed by atoms with Gasteiger partial charge in [0.1, 0.15) is 23.3 Å². The number of nitrogens with zero attached hydrogens (tertiary/aromatic N) is 2. The molecule has 2 aromatic rings. The minimum atomic E-state index is -0.480. The number of hydrogen-bond acceptors (Lipinski definition) is 4. The van der Waals surface area contributed by atoms with Crippen molar-refractivity contribution in [3.8, 4) is 17.0 Å². The molecule has 0 aromatic carbocycles. The van der Waals surface area contributed by atoms with Crippen molar-refractivity contribution in [1.29, 1.82) is 0 Å². The van der Waals surface area contributed by atoms with Crippen LogP contribution in [0.5, 0.6) is 5.75 Å². The number of aliphatic hydroxyl groups excluding tert-OH is 1. The van der Waals surface area contributed by atoms with E-state index in [1.165, 1.54) is 12.4 Å². The highest BCUT2D eigenvalue weighted by Crippen LogP contribution is 2.23. The van der Waals surface area contributed by atoms with E-state index in [1.807, 2.05) is 0 Å². The fourth-order valence-electron chi connectivity index (χ4n) is 1.38. The zero-order valence-electron chi connectivity index (χ0n) is 9.31. The van der Waals surface area contributed by atoms with Gasteiger partial charge >= 0.3 is 0 Å². The van der Waals surface area contributed by atoms with Crippen molar-refractivity contribution in [3.05, 3.63) is 41.6 Å². The fourth-order valence-corrected chi connectivity index (χ4v) is 1.53. The predicted octanol–water partition coefficient (Wildman–Crippen LogP) is 2.31. The Morgan fingerprint density at radius 3 is 2.72 bits per heavy atom.